The molecule has 5 heteroatoms. The highest BCUT2D eigenvalue weighted by Crippen LogP contribution is 2.28. The van der Waals surface area contributed by atoms with E-state index in [0.717, 1.165) is 12.8 Å². The summed E-state index contributed by atoms with van der Waals surface area (Å²) in [6, 6.07) is 0.483. The highest BCUT2D eigenvalue weighted by molar-refractivity contribution is 5.86. The van der Waals surface area contributed by atoms with Crippen LogP contribution in [0.3, 0.4) is 0 Å². The number of nitrogens with zero attached hydrogens (tertiary/aromatic N) is 2. The predicted octanol–water partition coefficient (Wildman–Crippen LogP) is 0.255. The lowest BCUT2D eigenvalue weighted by Crippen LogP contribution is -2.32. The summed E-state index contributed by atoms with van der Waals surface area (Å²) in [7, 11) is 0. The number of anilines is 1. The maximum Gasteiger partial charge on any atom is 0.302 e. The third kappa shape index (κ3) is 1.44. The molecule has 1 aromatic heterocycles. The second-order valence-corrected chi connectivity index (χ2v) is 2.96. The Morgan fingerprint density at radius 1 is 1.83 bits per heavy atom. The van der Waals surface area contributed by atoms with E-state index in [1.54, 1.807) is 10.9 Å². The van der Waals surface area contributed by atoms with Crippen LogP contribution in [0.4, 0.5) is 5.88 Å². The smallest absolute Gasteiger partial charge is 0.289 e. The molecule has 64 valence electrons. The van der Waals surface area contributed by atoms with Gasteiger partial charge in [-0.25, -0.2) is 0 Å². The summed E-state index contributed by atoms with van der Waals surface area (Å²) in [5, 5.41) is 6.28. The van der Waals surface area contributed by atoms with Gasteiger partial charge in [0.15, 0.2) is 6.04 Å². The highest BCUT2D eigenvalue weighted by atomic mass is 16.5. The van der Waals surface area contributed by atoms with Gasteiger partial charge in [0.2, 0.25) is 11.2 Å². The van der Waals surface area contributed by atoms with E-state index in [1.807, 2.05) is 0 Å². The normalized spacial score (nSPS) is 16.1. The number of hydrogen-bond acceptors (Lipinski definition) is 3. The average Bonchev–Trinajstić information content (AvgIpc) is 2.73. The summed E-state index contributed by atoms with van der Waals surface area (Å²) in [5.74, 6) is 0.267. The minimum Gasteiger partial charge on any atom is -0.289 e. The molecule has 0 unspecified atom stereocenters. The minimum atomic E-state index is -0.144. The van der Waals surface area contributed by atoms with E-state index in [0.29, 0.717) is 11.9 Å². The molecule has 0 aromatic carbocycles. The summed E-state index contributed by atoms with van der Waals surface area (Å²) in [5.41, 5.74) is 0. The van der Waals surface area contributed by atoms with Crippen molar-refractivity contribution in [2.45, 2.75) is 25.8 Å². The van der Waals surface area contributed by atoms with E-state index in [2.05, 4.69) is 10.6 Å². The molecule has 1 amide bonds. The Balaban J connectivity index is 2.07. The fourth-order valence-corrected chi connectivity index (χ4v) is 0.998. The third-order valence-electron chi connectivity index (χ3n) is 1.70. The number of nitrogens with one attached hydrogen (secondary N) is 1. The topological polar surface area (TPSA) is 59.0 Å². The zero-order valence-corrected chi connectivity index (χ0v) is 6.78. The maximum atomic E-state index is 10.6. The Morgan fingerprint density at radius 3 is 3.17 bits per heavy atom. The lowest BCUT2D eigenvalue weighted by molar-refractivity contribution is -0.765. The molecule has 1 heterocycles. The van der Waals surface area contributed by atoms with Crippen LogP contribution in [0.2, 0.25) is 0 Å². The van der Waals surface area contributed by atoms with Crippen molar-refractivity contribution in [1.29, 1.82) is 0 Å². The van der Waals surface area contributed by atoms with Crippen LogP contribution in [0.5, 0.6) is 0 Å². The fraction of sp³-hybridized carbons (Fsp3) is 0.571. The van der Waals surface area contributed by atoms with Crippen LogP contribution in [-0.2, 0) is 4.79 Å². The van der Waals surface area contributed by atoms with Crippen LogP contribution >= 0.6 is 0 Å². The van der Waals surface area contributed by atoms with Gasteiger partial charge in [-0.1, -0.05) is 0 Å². The van der Waals surface area contributed by atoms with Crippen LogP contribution in [0.25, 0.3) is 0 Å². The number of hydrogen-bond donors (Lipinski definition) is 1. The predicted molar refractivity (Wildman–Crippen MR) is 39.3 cm³/mol. The molecule has 0 saturated heterocycles. The van der Waals surface area contributed by atoms with Gasteiger partial charge in [-0.3, -0.25) is 14.6 Å². The van der Waals surface area contributed by atoms with Crippen molar-refractivity contribution >= 4 is 11.8 Å². The van der Waals surface area contributed by atoms with Gasteiger partial charge in [0.05, 0.1) is 0 Å². The largest absolute Gasteiger partial charge is 0.302 e. The monoisotopic (exact) mass is 168 g/mol. The van der Waals surface area contributed by atoms with E-state index in [9.17, 15) is 4.79 Å². The Morgan fingerprint density at radius 2 is 2.58 bits per heavy atom. The molecule has 1 aliphatic rings. The standard InChI is InChI=1S/C7H9N3O2/c1-5(11)8-7-4-10(9-12-7)6-2-3-6/h4,6H,2-3H2,1H3/p+1. The van der Waals surface area contributed by atoms with E-state index in [4.69, 9.17) is 4.52 Å². The van der Waals surface area contributed by atoms with Gasteiger partial charge in [0.25, 0.3) is 6.20 Å². The van der Waals surface area contributed by atoms with Crippen molar-refractivity contribution < 1.29 is 14.0 Å². The minimum absolute atomic E-state index is 0.144. The highest BCUT2D eigenvalue weighted by Gasteiger charge is 2.35. The van der Waals surface area contributed by atoms with E-state index < -0.39 is 0 Å². The van der Waals surface area contributed by atoms with Crippen molar-refractivity contribution in [1.82, 2.24) is 5.27 Å². The molecule has 1 fully saturated rings. The SMILES string of the molecule is CC(=O)Nc1c[n+](C2CC2)no1. The molecule has 0 bridgehead atoms. The molecule has 2 rings (SSSR count). The maximum absolute atomic E-state index is 10.6. The first-order valence-corrected chi connectivity index (χ1v) is 3.91. The van der Waals surface area contributed by atoms with Crippen LogP contribution in [0, 0.1) is 0 Å². The zero-order chi connectivity index (χ0) is 8.55. The van der Waals surface area contributed by atoms with Crippen molar-refractivity contribution in [3.8, 4) is 0 Å². The summed E-state index contributed by atoms with van der Waals surface area (Å²) >= 11 is 0. The second kappa shape index (κ2) is 2.58. The molecule has 1 saturated carbocycles. The van der Waals surface area contributed by atoms with Crippen molar-refractivity contribution in [3.63, 3.8) is 0 Å². The second-order valence-electron chi connectivity index (χ2n) is 2.96. The average molecular weight is 168 g/mol. The Labute approximate surface area is 69.3 Å². The number of carbonyl (C=O) groups is 1. The van der Waals surface area contributed by atoms with Gasteiger partial charge in [-0.05, 0) is 4.68 Å². The first-order valence-electron chi connectivity index (χ1n) is 3.91. The molecular weight excluding hydrogens is 158 g/mol. The Hall–Kier alpha value is -1.39. The Bertz CT molecular complexity index is 303. The van der Waals surface area contributed by atoms with E-state index in [-0.39, 0.29) is 5.91 Å². The van der Waals surface area contributed by atoms with E-state index in [1.165, 1.54) is 6.92 Å². The van der Waals surface area contributed by atoms with Gasteiger partial charge in [0.1, 0.15) is 0 Å². The molecule has 1 N–H and O–H groups in total. The lowest BCUT2D eigenvalue weighted by Gasteiger charge is -1.86. The van der Waals surface area contributed by atoms with Crippen LogP contribution in [0.1, 0.15) is 25.8 Å². The number of amides is 1. The lowest BCUT2D eigenvalue weighted by atomic mass is 10.6. The van der Waals surface area contributed by atoms with Crippen molar-refractivity contribution in [3.05, 3.63) is 6.20 Å². The van der Waals surface area contributed by atoms with Crippen LogP contribution < -0.4 is 10.00 Å². The molecule has 0 atom stereocenters. The van der Waals surface area contributed by atoms with Gasteiger partial charge in [-0.2, -0.15) is 0 Å². The Kier molecular flexibility index (Phi) is 1.56. The van der Waals surface area contributed by atoms with Crippen LogP contribution in [-0.4, -0.2) is 11.2 Å². The third-order valence-corrected chi connectivity index (χ3v) is 1.70. The molecule has 5 nitrogen and oxygen atoms in total. The molecule has 0 aliphatic heterocycles. The van der Waals surface area contributed by atoms with Crippen molar-refractivity contribution in [2.24, 2.45) is 0 Å². The van der Waals surface area contributed by atoms with Gasteiger partial charge >= 0.3 is 5.88 Å². The molecular formula is C7H10N3O2+. The first kappa shape index (κ1) is 7.27. The quantitative estimate of drug-likeness (QED) is 0.644. The van der Waals surface area contributed by atoms with Gasteiger partial charge in [-0.15, -0.1) is 0 Å². The number of rotatable bonds is 2. The number of carbonyl (C=O) groups excluding carboxylic acids is 1. The molecule has 0 spiro atoms. The summed E-state index contributed by atoms with van der Waals surface area (Å²) in [4.78, 5) is 10.6. The van der Waals surface area contributed by atoms with Crippen molar-refractivity contribution in [2.75, 3.05) is 5.32 Å². The summed E-state index contributed by atoms with van der Waals surface area (Å²) in [6.07, 6.45) is 4.01. The summed E-state index contributed by atoms with van der Waals surface area (Å²) in [6.45, 7) is 1.43. The van der Waals surface area contributed by atoms with Gasteiger partial charge in [0, 0.05) is 19.8 Å². The van der Waals surface area contributed by atoms with Gasteiger partial charge < -0.3 is 0 Å². The molecule has 12 heavy (non-hydrogen) atoms. The molecule has 0 radical (unpaired) electrons. The first-order chi connectivity index (χ1) is 5.75. The summed E-state index contributed by atoms with van der Waals surface area (Å²) < 4.78 is 6.60. The van der Waals surface area contributed by atoms with E-state index >= 15 is 0 Å². The number of aromatic nitrogens is 2. The fourth-order valence-electron chi connectivity index (χ4n) is 0.998. The van der Waals surface area contributed by atoms with Crippen LogP contribution in [0.15, 0.2) is 10.7 Å². The molecule has 1 aliphatic carbocycles. The molecule has 1 aromatic rings. The zero-order valence-electron chi connectivity index (χ0n) is 6.78.